The molecule has 0 spiro atoms. The predicted molar refractivity (Wildman–Crippen MR) is 96.3 cm³/mol. The molecule has 0 saturated carbocycles. The summed E-state index contributed by atoms with van der Waals surface area (Å²) in [5, 5.41) is 9.87. The highest BCUT2D eigenvalue weighted by Crippen LogP contribution is 2.29. The van der Waals surface area contributed by atoms with Crippen molar-refractivity contribution in [2.75, 3.05) is 26.2 Å². The summed E-state index contributed by atoms with van der Waals surface area (Å²) in [7, 11) is 0. The molecule has 0 radical (unpaired) electrons. The molecule has 4 nitrogen and oxygen atoms in total. The van der Waals surface area contributed by atoms with Crippen LogP contribution >= 0.6 is 11.6 Å². The van der Waals surface area contributed by atoms with Crippen LogP contribution in [0, 0.1) is 5.92 Å². The number of rotatable bonds is 6. The largest absolute Gasteiger partial charge is 0.481 e. The van der Waals surface area contributed by atoms with E-state index < -0.39 is 5.97 Å². The Kier molecular flexibility index (Phi) is 6.14. The average Bonchev–Trinajstić information content (AvgIpc) is 3.07. The first-order valence-corrected chi connectivity index (χ1v) is 9.42. The van der Waals surface area contributed by atoms with Gasteiger partial charge < -0.3 is 10.0 Å². The molecule has 0 bridgehead atoms. The van der Waals surface area contributed by atoms with Gasteiger partial charge in [-0.2, -0.15) is 0 Å². The molecule has 0 aromatic heterocycles. The van der Waals surface area contributed by atoms with Gasteiger partial charge in [0.15, 0.2) is 0 Å². The maximum Gasteiger partial charge on any atom is 0.303 e. The lowest BCUT2D eigenvalue weighted by Crippen LogP contribution is -2.50. The summed E-state index contributed by atoms with van der Waals surface area (Å²) in [6.07, 6.45) is 4.77. The van der Waals surface area contributed by atoms with E-state index in [1.54, 1.807) is 0 Å². The molecule has 2 atom stereocenters. The first-order chi connectivity index (χ1) is 11.6. The van der Waals surface area contributed by atoms with Crippen molar-refractivity contribution >= 4 is 17.6 Å². The van der Waals surface area contributed by atoms with Crippen molar-refractivity contribution in [3.8, 4) is 0 Å². The average molecular weight is 351 g/mol. The Morgan fingerprint density at radius 2 is 2.04 bits per heavy atom. The number of carboxylic acid groups (broad SMARTS) is 1. The van der Waals surface area contributed by atoms with Crippen molar-refractivity contribution in [1.82, 2.24) is 9.80 Å². The number of hydrogen-bond donors (Lipinski definition) is 1. The maximum absolute atomic E-state index is 11.0. The molecule has 2 saturated heterocycles. The van der Waals surface area contributed by atoms with E-state index in [1.165, 1.54) is 31.5 Å². The number of hydrogen-bond acceptors (Lipinski definition) is 3. The van der Waals surface area contributed by atoms with Crippen LogP contribution in [0.25, 0.3) is 0 Å². The van der Waals surface area contributed by atoms with Crippen LogP contribution in [0.5, 0.6) is 0 Å². The van der Waals surface area contributed by atoms with Gasteiger partial charge in [-0.3, -0.25) is 9.69 Å². The zero-order valence-corrected chi connectivity index (χ0v) is 14.9. The fraction of sp³-hybridized carbons (Fsp3) is 0.632. The molecule has 1 aromatic carbocycles. The Morgan fingerprint density at radius 1 is 1.25 bits per heavy atom. The minimum atomic E-state index is -0.679. The molecule has 0 aliphatic carbocycles. The minimum Gasteiger partial charge on any atom is -0.481 e. The number of likely N-dealkylation sites (tertiary alicyclic amines) is 2. The van der Waals surface area contributed by atoms with Crippen LogP contribution in [-0.4, -0.2) is 53.1 Å². The molecule has 3 rings (SSSR count). The van der Waals surface area contributed by atoms with E-state index in [9.17, 15) is 4.79 Å². The van der Waals surface area contributed by atoms with Gasteiger partial charge in [0.25, 0.3) is 0 Å². The number of benzene rings is 1. The Hall–Kier alpha value is -1.10. The van der Waals surface area contributed by atoms with E-state index >= 15 is 0 Å². The van der Waals surface area contributed by atoms with E-state index in [4.69, 9.17) is 16.7 Å². The number of carbonyl (C=O) groups is 1. The monoisotopic (exact) mass is 350 g/mol. The smallest absolute Gasteiger partial charge is 0.303 e. The molecule has 1 N–H and O–H groups in total. The lowest BCUT2D eigenvalue weighted by molar-refractivity contribution is -0.137. The summed E-state index contributed by atoms with van der Waals surface area (Å²) >= 11 is 6.09. The molecular formula is C19H27ClN2O2. The topological polar surface area (TPSA) is 43.8 Å². The fourth-order valence-electron chi connectivity index (χ4n) is 4.28. The van der Waals surface area contributed by atoms with Crippen molar-refractivity contribution in [1.29, 1.82) is 0 Å². The van der Waals surface area contributed by atoms with Crippen LogP contribution in [0.2, 0.25) is 5.02 Å². The van der Waals surface area contributed by atoms with Gasteiger partial charge in [0.1, 0.15) is 0 Å². The highest BCUT2D eigenvalue weighted by atomic mass is 35.5. The SMILES string of the molecule is O=C(O)CC[C@H]1CN(Cc2cccc(Cl)c2)CC[C@H]1N1CCCC1. The molecular weight excluding hydrogens is 324 g/mol. The summed E-state index contributed by atoms with van der Waals surface area (Å²) in [4.78, 5) is 16.1. The Bertz CT molecular complexity index is 560. The second-order valence-electron chi connectivity index (χ2n) is 7.16. The molecule has 0 unspecified atom stereocenters. The van der Waals surface area contributed by atoms with Crippen molar-refractivity contribution in [3.63, 3.8) is 0 Å². The first-order valence-electron chi connectivity index (χ1n) is 9.04. The van der Waals surface area contributed by atoms with Crippen LogP contribution in [0.1, 0.15) is 37.7 Å². The van der Waals surface area contributed by atoms with E-state index in [0.717, 1.165) is 37.5 Å². The predicted octanol–water partition coefficient (Wildman–Crippen LogP) is 3.49. The van der Waals surface area contributed by atoms with Crippen molar-refractivity contribution in [2.24, 2.45) is 5.92 Å². The normalized spacial score (nSPS) is 25.9. The maximum atomic E-state index is 11.0. The van der Waals surface area contributed by atoms with E-state index in [0.29, 0.717) is 12.0 Å². The molecule has 5 heteroatoms. The molecule has 2 aliphatic heterocycles. The van der Waals surface area contributed by atoms with Gasteiger partial charge in [-0.15, -0.1) is 0 Å². The third kappa shape index (κ3) is 4.71. The van der Waals surface area contributed by atoms with E-state index in [-0.39, 0.29) is 6.42 Å². The number of piperidine rings is 1. The Balaban J connectivity index is 1.63. The molecule has 2 fully saturated rings. The van der Waals surface area contributed by atoms with E-state index in [2.05, 4.69) is 15.9 Å². The summed E-state index contributed by atoms with van der Waals surface area (Å²) in [6.45, 7) is 5.33. The lowest BCUT2D eigenvalue weighted by atomic mass is 9.87. The van der Waals surface area contributed by atoms with Crippen LogP contribution < -0.4 is 0 Å². The van der Waals surface area contributed by atoms with Gasteiger partial charge in [0.2, 0.25) is 0 Å². The summed E-state index contributed by atoms with van der Waals surface area (Å²) < 4.78 is 0. The molecule has 0 amide bonds. The van der Waals surface area contributed by atoms with Gasteiger partial charge in [0, 0.05) is 30.6 Å². The van der Waals surface area contributed by atoms with Gasteiger partial charge in [-0.05, 0) is 68.9 Å². The van der Waals surface area contributed by atoms with Crippen molar-refractivity contribution in [2.45, 2.75) is 44.7 Å². The first kappa shape index (κ1) is 17.7. The summed E-state index contributed by atoms with van der Waals surface area (Å²) in [5.74, 6) is -0.228. The van der Waals surface area contributed by atoms with Crippen molar-refractivity contribution < 1.29 is 9.90 Å². The second-order valence-corrected chi connectivity index (χ2v) is 7.59. The highest BCUT2D eigenvalue weighted by Gasteiger charge is 2.34. The molecule has 1 aromatic rings. The molecule has 2 heterocycles. The zero-order valence-electron chi connectivity index (χ0n) is 14.2. The van der Waals surface area contributed by atoms with Crippen LogP contribution in [0.15, 0.2) is 24.3 Å². The Morgan fingerprint density at radius 3 is 2.75 bits per heavy atom. The molecule has 132 valence electrons. The highest BCUT2D eigenvalue weighted by molar-refractivity contribution is 6.30. The van der Waals surface area contributed by atoms with Crippen LogP contribution in [0.4, 0.5) is 0 Å². The second kappa shape index (κ2) is 8.32. The standard InChI is InChI=1S/C19H27ClN2O2/c20-17-5-3-4-15(12-17)13-21-11-8-18(22-9-1-2-10-22)16(14-21)6-7-19(23)24/h3-5,12,16,18H,1-2,6-11,13-14H2,(H,23,24)/t16-,18+/m0/s1. The van der Waals surface area contributed by atoms with Crippen LogP contribution in [0.3, 0.4) is 0 Å². The summed E-state index contributed by atoms with van der Waals surface area (Å²) in [5.41, 5.74) is 1.24. The number of carboxylic acids is 1. The van der Waals surface area contributed by atoms with Gasteiger partial charge in [-0.25, -0.2) is 0 Å². The van der Waals surface area contributed by atoms with Gasteiger partial charge in [0.05, 0.1) is 0 Å². The third-order valence-electron chi connectivity index (χ3n) is 5.41. The summed E-state index contributed by atoms with van der Waals surface area (Å²) in [6, 6.07) is 8.60. The third-order valence-corrected chi connectivity index (χ3v) is 5.65. The molecule has 2 aliphatic rings. The molecule has 24 heavy (non-hydrogen) atoms. The van der Waals surface area contributed by atoms with E-state index in [1.807, 2.05) is 18.2 Å². The quantitative estimate of drug-likeness (QED) is 0.852. The Labute approximate surface area is 149 Å². The minimum absolute atomic E-state index is 0.278. The number of aliphatic carboxylic acids is 1. The van der Waals surface area contributed by atoms with Gasteiger partial charge in [-0.1, -0.05) is 23.7 Å². The van der Waals surface area contributed by atoms with Crippen molar-refractivity contribution in [3.05, 3.63) is 34.9 Å². The number of halogens is 1. The van der Waals surface area contributed by atoms with Crippen LogP contribution in [-0.2, 0) is 11.3 Å². The van der Waals surface area contributed by atoms with Gasteiger partial charge >= 0.3 is 5.97 Å². The zero-order chi connectivity index (χ0) is 16.9. The lowest BCUT2D eigenvalue weighted by Gasteiger charge is -2.43. The number of nitrogens with zero attached hydrogens (tertiary/aromatic N) is 2. The fourth-order valence-corrected chi connectivity index (χ4v) is 4.49.